The average Bonchev–Trinajstić information content (AvgIpc) is 2.61. The van der Waals surface area contributed by atoms with Gasteiger partial charge in [-0.05, 0) is 32.9 Å². The first-order chi connectivity index (χ1) is 7.15. The van der Waals surface area contributed by atoms with Crippen molar-refractivity contribution in [2.45, 2.75) is 44.7 Å². The molecule has 4 nitrogen and oxygen atoms in total. The first kappa shape index (κ1) is 12.5. The summed E-state index contributed by atoms with van der Waals surface area (Å²) in [4.78, 5) is 13.8. The number of nitrogens with two attached hydrogens (primary N) is 1. The third kappa shape index (κ3) is 3.80. The van der Waals surface area contributed by atoms with Crippen molar-refractivity contribution in [1.82, 2.24) is 10.2 Å². The van der Waals surface area contributed by atoms with Crippen LogP contribution in [0.4, 0.5) is 0 Å². The molecule has 1 heterocycles. The lowest BCUT2D eigenvalue weighted by atomic mass is 10.1. The maximum Gasteiger partial charge on any atom is 0.236 e. The van der Waals surface area contributed by atoms with Gasteiger partial charge >= 0.3 is 0 Å². The van der Waals surface area contributed by atoms with Crippen LogP contribution in [0.2, 0.25) is 0 Å². The van der Waals surface area contributed by atoms with Crippen LogP contribution >= 0.6 is 0 Å². The summed E-state index contributed by atoms with van der Waals surface area (Å²) >= 11 is 0. The van der Waals surface area contributed by atoms with Crippen LogP contribution in [0.5, 0.6) is 0 Å². The fourth-order valence-electron chi connectivity index (χ4n) is 2.03. The van der Waals surface area contributed by atoms with Gasteiger partial charge in [-0.2, -0.15) is 0 Å². The van der Waals surface area contributed by atoms with Crippen molar-refractivity contribution < 1.29 is 4.79 Å². The van der Waals surface area contributed by atoms with Crippen molar-refractivity contribution in [2.24, 2.45) is 5.73 Å². The van der Waals surface area contributed by atoms with Gasteiger partial charge in [-0.1, -0.05) is 13.3 Å². The molecule has 1 fully saturated rings. The monoisotopic (exact) mass is 213 g/mol. The molecule has 0 aromatic rings. The van der Waals surface area contributed by atoms with E-state index in [0.717, 1.165) is 25.9 Å². The molecule has 1 rings (SSSR count). The normalized spacial score (nSPS) is 24.1. The fraction of sp³-hybridized carbons (Fsp3) is 0.909. The Balaban J connectivity index is 2.21. The Morgan fingerprint density at radius 1 is 1.67 bits per heavy atom. The highest BCUT2D eigenvalue weighted by molar-refractivity contribution is 5.81. The highest BCUT2D eigenvalue weighted by Crippen LogP contribution is 2.13. The first-order valence-electron chi connectivity index (χ1n) is 5.88. The van der Waals surface area contributed by atoms with E-state index < -0.39 is 0 Å². The number of carbonyl (C=O) groups excluding carboxylic acids is 1. The minimum atomic E-state index is -0.332. The summed E-state index contributed by atoms with van der Waals surface area (Å²) in [6.07, 6.45) is 4.14. The van der Waals surface area contributed by atoms with Gasteiger partial charge in [0.05, 0.1) is 6.04 Å². The van der Waals surface area contributed by atoms with Crippen LogP contribution in [-0.2, 0) is 4.79 Å². The lowest BCUT2D eigenvalue weighted by Crippen LogP contribution is -2.45. The van der Waals surface area contributed by atoms with Crippen molar-refractivity contribution in [3.05, 3.63) is 0 Å². The molecule has 1 aliphatic rings. The molecule has 3 N–H and O–H groups in total. The number of likely N-dealkylation sites (tertiary alicyclic amines) is 1. The van der Waals surface area contributed by atoms with E-state index in [1.54, 1.807) is 0 Å². The van der Waals surface area contributed by atoms with Crippen LogP contribution in [0.25, 0.3) is 0 Å². The van der Waals surface area contributed by atoms with Gasteiger partial charge in [0.15, 0.2) is 0 Å². The highest BCUT2D eigenvalue weighted by atomic mass is 16.2. The number of likely N-dealkylation sites (N-methyl/N-ethyl adjacent to an activating group) is 1. The van der Waals surface area contributed by atoms with Gasteiger partial charge in [0.2, 0.25) is 5.91 Å². The predicted molar refractivity (Wildman–Crippen MR) is 61.5 cm³/mol. The molecule has 0 spiro atoms. The van der Waals surface area contributed by atoms with Crippen molar-refractivity contribution in [3.8, 4) is 0 Å². The molecule has 1 aliphatic heterocycles. The lowest BCUT2D eigenvalue weighted by Gasteiger charge is -2.20. The van der Waals surface area contributed by atoms with E-state index in [0.29, 0.717) is 6.04 Å². The van der Waals surface area contributed by atoms with Crippen LogP contribution in [-0.4, -0.2) is 43.0 Å². The van der Waals surface area contributed by atoms with Crippen molar-refractivity contribution in [3.63, 3.8) is 0 Å². The summed E-state index contributed by atoms with van der Waals surface area (Å²) in [5.41, 5.74) is 5.72. The predicted octanol–water partition coefficient (Wildman–Crippen LogP) is 0.324. The van der Waals surface area contributed by atoms with Crippen molar-refractivity contribution in [2.75, 3.05) is 20.1 Å². The maximum absolute atomic E-state index is 11.5. The van der Waals surface area contributed by atoms with E-state index in [1.807, 2.05) is 6.92 Å². The van der Waals surface area contributed by atoms with Crippen LogP contribution in [0.3, 0.4) is 0 Å². The topological polar surface area (TPSA) is 58.4 Å². The quantitative estimate of drug-likeness (QED) is 0.691. The summed E-state index contributed by atoms with van der Waals surface area (Å²) in [5, 5.41) is 2.93. The Morgan fingerprint density at radius 3 is 2.93 bits per heavy atom. The van der Waals surface area contributed by atoms with Crippen molar-refractivity contribution >= 4 is 5.91 Å². The number of nitrogens with one attached hydrogen (secondary N) is 1. The molecule has 0 aromatic heterocycles. The molecule has 4 heteroatoms. The molecule has 1 amide bonds. The molecule has 0 aliphatic carbocycles. The minimum absolute atomic E-state index is 0.00264. The summed E-state index contributed by atoms with van der Waals surface area (Å²) < 4.78 is 0. The zero-order valence-electron chi connectivity index (χ0n) is 9.83. The molecule has 0 aromatic carbocycles. The van der Waals surface area contributed by atoms with E-state index >= 15 is 0 Å². The zero-order chi connectivity index (χ0) is 11.3. The minimum Gasteiger partial charge on any atom is -0.353 e. The van der Waals surface area contributed by atoms with Crippen LogP contribution in [0.15, 0.2) is 0 Å². The molecule has 0 radical (unpaired) electrons. The molecular formula is C11H23N3O. The van der Waals surface area contributed by atoms with E-state index in [9.17, 15) is 4.79 Å². The SMILES string of the molecule is CCC[C@H](N)C(=O)NCC1CCCN1C. The summed E-state index contributed by atoms with van der Waals surface area (Å²) in [6, 6.07) is 0.171. The first-order valence-corrected chi connectivity index (χ1v) is 5.88. The second-order valence-corrected chi connectivity index (χ2v) is 4.42. The highest BCUT2D eigenvalue weighted by Gasteiger charge is 2.22. The Bertz CT molecular complexity index is 208. The fourth-order valence-corrected chi connectivity index (χ4v) is 2.03. The summed E-state index contributed by atoms with van der Waals surface area (Å²) in [6.45, 7) is 3.92. The standard InChI is InChI=1S/C11H23N3O/c1-3-5-10(12)11(15)13-8-9-6-4-7-14(9)2/h9-10H,3-8,12H2,1-2H3,(H,13,15)/t9?,10-/m0/s1. The van der Waals surface area contributed by atoms with Gasteiger partial charge in [-0.15, -0.1) is 0 Å². The number of hydrogen-bond donors (Lipinski definition) is 2. The van der Waals surface area contributed by atoms with Gasteiger partial charge in [-0.3, -0.25) is 4.79 Å². The number of carbonyl (C=O) groups is 1. The molecule has 0 saturated carbocycles. The molecule has 0 bridgehead atoms. The van der Waals surface area contributed by atoms with Gasteiger partial charge in [0, 0.05) is 12.6 Å². The second-order valence-electron chi connectivity index (χ2n) is 4.42. The Labute approximate surface area is 92.2 Å². The Hall–Kier alpha value is -0.610. The van der Waals surface area contributed by atoms with Gasteiger partial charge in [-0.25, -0.2) is 0 Å². The van der Waals surface area contributed by atoms with Gasteiger partial charge in [0.25, 0.3) is 0 Å². The summed E-state index contributed by atoms with van der Waals surface area (Å²) in [5.74, 6) is -0.00264. The Kier molecular flexibility index (Phi) is 5.05. The van der Waals surface area contributed by atoms with E-state index in [1.165, 1.54) is 12.8 Å². The van der Waals surface area contributed by atoms with E-state index in [2.05, 4.69) is 17.3 Å². The maximum atomic E-state index is 11.5. The third-order valence-corrected chi connectivity index (χ3v) is 3.12. The third-order valence-electron chi connectivity index (χ3n) is 3.12. The van der Waals surface area contributed by atoms with Gasteiger partial charge < -0.3 is 16.0 Å². The zero-order valence-corrected chi connectivity index (χ0v) is 9.83. The smallest absolute Gasteiger partial charge is 0.236 e. The number of nitrogens with zero attached hydrogens (tertiary/aromatic N) is 1. The number of hydrogen-bond acceptors (Lipinski definition) is 3. The molecule has 2 atom stereocenters. The number of rotatable bonds is 5. The second kappa shape index (κ2) is 6.08. The van der Waals surface area contributed by atoms with E-state index in [-0.39, 0.29) is 11.9 Å². The van der Waals surface area contributed by atoms with Crippen molar-refractivity contribution in [1.29, 1.82) is 0 Å². The molecule has 1 saturated heterocycles. The molecule has 1 unspecified atom stereocenters. The van der Waals surface area contributed by atoms with Crippen LogP contribution < -0.4 is 11.1 Å². The average molecular weight is 213 g/mol. The molecule has 88 valence electrons. The van der Waals surface area contributed by atoms with Crippen LogP contribution in [0.1, 0.15) is 32.6 Å². The van der Waals surface area contributed by atoms with Gasteiger partial charge in [0.1, 0.15) is 0 Å². The Morgan fingerprint density at radius 2 is 2.40 bits per heavy atom. The summed E-state index contributed by atoms with van der Waals surface area (Å²) in [7, 11) is 2.11. The van der Waals surface area contributed by atoms with E-state index in [4.69, 9.17) is 5.73 Å². The largest absolute Gasteiger partial charge is 0.353 e. The molecular weight excluding hydrogens is 190 g/mol. The van der Waals surface area contributed by atoms with Crippen LogP contribution in [0, 0.1) is 0 Å². The molecule has 15 heavy (non-hydrogen) atoms. The lowest BCUT2D eigenvalue weighted by molar-refractivity contribution is -0.122. The number of amides is 1.